The van der Waals surface area contributed by atoms with Gasteiger partial charge in [0.2, 0.25) is 0 Å². The molecule has 2 N–H and O–H groups in total. The van der Waals surface area contributed by atoms with Crippen molar-refractivity contribution in [2.45, 2.75) is 12.8 Å². The fourth-order valence-corrected chi connectivity index (χ4v) is 4.15. The standard InChI is InChI=1S/C24H23N7O4/c32-24-22-20(25-15-26-24)11-19(16-12-27-31(13-16)14-21-34-9-10-35-21)29-23(22)28-17-1-3-18(4-2-17)30-5-7-33-8-6-30/h1-4,9-13,15,21H,5-8,14H2,(H,28,29)(H,25,26,32). The smallest absolute Gasteiger partial charge is 0.262 e. The topological polar surface area (TPSA) is 119 Å². The van der Waals surface area contributed by atoms with Crippen LogP contribution in [-0.2, 0) is 20.8 Å². The molecule has 178 valence electrons. The number of nitrogens with zero attached hydrogens (tertiary/aromatic N) is 5. The van der Waals surface area contributed by atoms with Crippen LogP contribution in [0.4, 0.5) is 17.2 Å². The molecular weight excluding hydrogens is 450 g/mol. The number of benzene rings is 1. The molecule has 6 rings (SSSR count). The summed E-state index contributed by atoms with van der Waals surface area (Å²) in [6.45, 7) is 3.62. The van der Waals surface area contributed by atoms with Crippen molar-refractivity contribution in [3.63, 3.8) is 0 Å². The Balaban J connectivity index is 1.30. The third kappa shape index (κ3) is 4.41. The largest absolute Gasteiger partial charge is 0.457 e. The zero-order chi connectivity index (χ0) is 23.6. The summed E-state index contributed by atoms with van der Waals surface area (Å²) in [4.78, 5) is 26.7. The zero-order valence-electron chi connectivity index (χ0n) is 18.8. The van der Waals surface area contributed by atoms with Crippen molar-refractivity contribution in [2.24, 2.45) is 0 Å². The molecule has 2 aliphatic heterocycles. The van der Waals surface area contributed by atoms with Gasteiger partial charge >= 0.3 is 0 Å². The van der Waals surface area contributed by atoms with Crippen LogP contribution in [0.1, 0.15) is 0 Å². The summed E-state index contributed by atoms with van der Waals surface area (Å²) in [5.74, 6) is 0.422. The molecule has 0 amide bonds. The van der Waals surface area contributed by atoms with Gasteiger partial charge in [0.05, 0.1) is 36.9 Å². The van der Waals surface area contributed by atoms with Gasteiger partial charge in [0.25, 0.3) is 11.8 Å². The predicted octanol–water partition coefficient (Wildman–Crippen LogP) is 2.61. The molecule has 11 nitrogen and oxygen atoms in total. The lowest BCUT2D eigenvalue weighted by Gasteiger charge is -2.28. The van der Waals surface area contributed by atoms with Crippen LogP contribution in [0.3, 0.4) is 0 Å². The van der Waals surface area contributed by atoms with Crippen LogP contribution in [0.15, 0.2) is 66.4 Å². The van der Waals surface area contributed by atoms with Crippen molar-refractivity contribution >= 4 is 28.1 Å². The van der Waals surface area contributed by atoms with Crippen molar-refractivity contribution in [1.29, 1.82) is 0 Å². The van der Waals surface area contributed by atoms with E-state index in [-0.39, 0.29) is 5.56 Å². The van der Waals surface area contributed by atoms with Crippen LogP contribution in [0.2, 0.25) is 0 Å². The van der Waals surface area contributed by atoms with E-state index in [2.05, 4.69) is 25.3 Å². The van der Waals surface area contributed by atoms with E-state index in [0.717, 1.165) is 43.2 Å². The Labute approximate surface area is 200 Å². The van der Waals surface area contributed by atoms with E-state index in [1.165, 1.54) is 18.9 Å². The first-order valence-corrected chi connectivity index (χ1v) is 11.3. The third-order valence-corrected chi connectivity index (χ3v) is 5.91. The number of ether oxygens (including phenoxy) is 3. The summed E-state index contributed by atoms with van der Waals surface area (Å²) in [6, 6.07) is 9.83. The maximum atomic E-state index is 12.7. The maximum Gasteiger partial charge on any atom is 0.262 e. The van der Waals surface area contributed by atoms with Gasteiger partial charge in [-0.25, -0.2) is 9.97 Å². The summed E-state index contributed by atoms with van der Waals surface area (Å²) < 4.78 is 17.8. The first kappa shape index (κ1) is 21.2. The van der Waals surface area contributed by atoms with Crippen LogP contribution in [0.5, 0.6) is 0 Å². The second-order valence-corrected chi connectivity index (χ2v) is 8.18. The van der Waals surface area contributed by atoms with Gasteiger partial charge in [0.15, 0.2) is 0 Å². The highest BCUT2D eigenvalue weighted by Crippen LogP contribution is 2.28. The van der Waals surface area contributed by atoms with Gasteiger partial charge in [0.1, 0.15) is 30.3 Å². The number of hydrogen-bond acceptors (Lipinski definition) is 9. The van der Waals surface area contributed by atoms with Crippen LogP contribution in [0.25, 0.3) is 22.2 Å². The Morgan fingerprint density at radius 2 is 1.91 bits per heavy atom. The van der Waals surface area contributed by atoms with Gasteiger partial charge in [-0.2, -0.15) is 5.10 Å². The first-order valence-electron chi connectivity index (χ1n) is 11.3. The van der Waals surface area contributed by atoms with Crippen molar-refractivity contribution < 1.29 is 14.2 Å². The van der Waals surface area contributed by atoms with E-state index in [0.29, 0.717) is 29.0 Å². The first-order chi connectivity index (χ1) is 17.2. The fourth-order valence-electron chi connectivity index (χ4n) is 4.15. The lowest BCUT2D eigenvalue weighted by Crippen LogP contribution is -2.36. The Kier molecular flexibility index (Phi) is 5.51. The molecule has 1 saturated heterocycles. The molecule has 0 saturated carbocycles. The Morgan fingerprint density at radius 3 is 2.71 bits per heavy atom. The SMILES string of the molecule is O=c1[nH]cnc2cc(-c3cnn(CC4OC=CO4)c3)nc(Nc3ccc(N4CCOCC4)cc3)c12. The summed E-state index contributed by atoms with van der Waals surface area (Å²) in [5, 5.41) is 8.08. The molecule has 1 fully saturated rings. The highest BCUT2D eigenvalue weighted by molar-refractivity contribution is 5.92. The molecule has 1 aromatic carbocycles. The summed E-state index contributed by atoms with van der Waals surface area (Å²) in [6.07, 6.45) is 7.56. The van der Waals surface area contributed by atoms with Crippen LogP contribution < -0.4 is 15.8 Å². The van der Waals surface area contributed by atoms with E-state index < -0.39 is 6.29 Å². The number of nitrogens with one attached hydrogen (secondary N) is 2. The number of aromatic amines is 1. The summed E-state index contributed by atoms with van der Waals surface area (Å²) in [7, 11) is 0. The van der Waals surface area contributed by atoms with Crippen LogP contribution in [0, 0.1) is 0 Å². The second-order valence-electron chi connectivity index (χ2n) is 8.18. The molecule has 4 aromatic rings. The number of hydrogen-bond donors (Lipinski definition) is 2. The zero-order valence-corrected chi connectivity index (χ0v) is 18.8. The van der Waals surface area contributed by atoms with E-state index in [9.17, 15) is 4.79 Å². The average Bonchev–Trinajstić information content (AvgIpc) is 3.58. The molecule has 2 aliphatic rings. The molecular formula is C24H23N7O4. The van der Waals surface area contributed by atoms with Crippen molar-refractivity contribution in [2.75, 3.05) is 36.5 Å². The number of pyridine rings is 1. The van der Waals surface area contributed by atoms with E-state index in [1.54, 1.807) is 16.9 Å². The highest BCUT2D eigenvalue weighted by Gasteiger charge is 2.17. The minimum Gasteiger partial charge on any atom is -0.457 e. The third-order valence-electron chi connectivity index (χ3n) is 5.91. The van der Waals surface area contributed by atoms with E-state index in [4.69, 9.17) is 19.2 Å². The van der Waals surface area contributed by atoms with Gasteiger partial charge in [-0.15, -0.1) is 0 Å². The molecule has 35 heavy (non-hydrogen) atoms. The molecule has 0 bridgehead atoms. The number of fused-ring (bicyclic) bond motifs is 1. The normalized spacial score (nSPS) is 15.8. The number of aromatic nitrogens is 5. The highest BCUT2D eigenvalue weighted by atomic mass is 16.7. The Morgan fingerprint density at radius 1 is 1.11 bits per heavy atom. The van der Waals surface area contributed by atoms with E-state index in [1.807, 2.05) is 30.5 Å². The lowest BCUT2D eigenvalue weighted by atomic mass is 10.1. The molecule has 0 spiro atoms. The molecule has 0 atom stereocenters. The van der Waals surface area contributed by atoms with Crippen LogP contribution >= 0.6 is 0 Å². The maximum absolute atomic E-state index is 12.7. The Hall–Kier alpha value is -4.38. The monoisotopic (exact) mass is 473 g/mol. The molecule has 11 heteroatoms. The van der Waals surface area contributed by atoms with Gasteiger partial charge in [-0.3, -0.25) is 9.48 Å². The van der Waals surface area contributed by atoms with E-state index >= 15 is 0 Å². The molecule has 0 unspecified atom stereocenters. The fraction of sp³-hybridized carbons (Fsp3) is 0.250. The average molecular weight is 473 g/mol. The summed E-state index contributed by atoms with van der Waals surface area (Å²) in [5.41, 5.74) is 3.63. The Bertz CT molecular complexity index is 1420. The minimum atomic E-state index is -0.412. The van der Waals surface area contributed by atoms with Crippen molar-refractivity contribution in [3.05, 3.63) is 71.9 Å². The number of anilines is 3. The van der Waals surface area contributed by atoms with Crippen LogP contribution in [-0.4, -0.2) is 57.3 Å². The lowest BCUT2D eigenvalue weighted by molar-refractivity contribution is -0.0364. The number of rotatable bonds is 6. The van der Waals surface area contributed by atoms with Gasteiger partial charge in [-0.05, 0) is 30.3 Å². The van der Waals surface area contributed by atoms with Gasteiger partial charge in [0, 0.05) is 36.2 Å². The predicted molar refractivity (Wildman–Crippen MR) is 129 cm³/mol. The molecule has 0 radical (unpaired) electrons. The van der Waals surface area contributed by atoms with Crippen molar-refractivity contribution in [3.8, 4) is 11.3 Å². The molecule has 3 aromatic heterocycles. The second kappa shape index (κ2) is 9.11. The van der Waals surface area contributed by atoms with Gasteiger partial charge in [-0.1, -0.05) is 0 Å². The molecule has 5 heterocycles. The summed E-state index contributed by atoms with van der Waals surface area (Å²) >= 11 is 0. The minimum absolute atomic E-state index is 0.264. The molecule has 0 aliphatic carbocycles. The number of morpholine rings is 1. The van der Waals surface area contributed by atoms with Crippen molar-refractivity contribution in [1.82, 2.24) is 24.7 Å². The number of H-pyrrole nitrogens is 1. The quantitative estimate of drug-likeness (QED) is 0.435. The van der Waals surface area contributed by atoms with Gasteiger partial charge < -0.3 is 29.4 Å².